The van der Waals surface area contributed by atoms with Crippen LogP contribution < -0.4 is 26.2 Å². The van der Waals surface area contributed by atoms with E-state index in [2.05, 4.69) is 21.6 Å². The number of alkyl halides is 6. The number of ether oxygens (including phenoxy) is 2. The van der Waals surface area contributed by atoms with Gasteiger partial charge in [-0.3, -0.25) is 9.80 Å². The number of halogens is 6. The van der Waals surface area contributed by atoms with Crippen molar-refractivity contribution in [2.24, 2.45) is 0 Å². The van der Waals surface area contributed by atoms with Crippen LogP contribution in [0, 0.1) is 11.3 Å². The number of allylic oxidation sites excluding steroid dienone is 2. The molecule has 15 nitrogen and oxygen atoms in total. The van der Waals surface area contributed by atoms with E-state index in [9.17, 15) is 50.8 Å². The Balaban J connectivity index is 1.07. The largest absolute Gasteiger partial charge is 0.463 e. The number of hydrogen-bond acceptors (Lipinski definition) is 11. The molecule has 0 spiro atoms. The Hall–Kier alpha value is -7.41. The van der Waals surface area contributed by atoms with Crippen molar-refractivity contribution in [3.8, 4) is 6.07 Å². The summed E-state index contributed by atoms with van der Waals surface area (Å²) in [5, 5.41) is 16.2. The molecular weight excluding hydrogens is 985 g/mol. The second kappa shape index (κ2) is 25.2. The zero-order chi connectivity index (χ0) is 54.6. The first-order chi connectivity index (χ1) is 35.7. The molecule has 400 valence electrons. The number of nitrogens with zero attached hydrogens (tertiary/aromatic N) is 6. The molecule has 0 bridgehead atoms. The third-order valence-corrected chi connectivity index (χ3v) is 12.8. The van der Waals surface area contributed by atoms with Crippen LogP contribution in [0.25, 0.3) is 0 Å². The lowest BCUT2D eigenvalue weighted by atomic mass is 9.92. The molecule has 0 saturated heterocycles. The molecule has 2 atom stereocenters. The Morgan fingerprint density at radius 2 is 1.05 bits per heavy atom. The van der Waals surface area contributed by atoms with Crippen LogP contribution in [-0.4, -0.2) is 111 Å². The van der Waals surface area contributed by atoms with Gasteiger partial charge in [0, 0.05) is 56.4 Å². The second-order valence-electron chi connectivity index (χ2n) is 17.9. The first-order valence-electron chi connectivity index (χ1n) is 24.5. The minimum Gasteiger partial charge on any atom is -0.463 e. The van der Waals surface area contributed by atoms with Gasteiger partial charge < -0.3 is 40.5 Å². The van der Waals surface area contributed by atoms with Crippen molar-refractivity contribution in [1.82, 2.24) is 25.3 Å². The first kappa shape index (κ1) is 56.9. The summed E-state index contributed by atoms with van der Waals surface area (Å²) in [5.41, 5.74) is 6.23. The van der Waals surface area contributed by atoms with Crippen LogP contribution in [-0.2, 0) is 31.4 Å². The highest BCUT2D eigenvalue weighted by molar-refractivity contribution is 6.04. The molecule has 4 aromatic carbocycles. The monoisotopic (exact) mass is 1050 g/mol. The van der Waals surface area contributed by atoms with Crippen LogP contribution in [0.5, 0.6) is 0 Å². The minimum atomic E-state index is -4.69. The lowest BCUT2D eigenvalue weighted by Gasteiger charge is -2.43. The summed E-state index contributed by atoms with van der Waals surface area (Å²) >= 11 is 0. The Morgan fingerprint density at radius 3 is 1.43 bits per heavy atom. The van der Waals surface area contributed by atoms with Gasteiger partial charge in [-0.2, -0.15) is 31.6 Å². The number of anilines is 3. The molecule has 0 aromatic heterocycles. The lowest BCUT2D eigenvalue weighted by Crippen LogP contribution is -2.51. The van der Waals surface area contributed by atoms with Crippen LogP contribution in [0.3, 0.4) is 0 Å². The molecule has 6 rings (SSSR count). The molecule has 75 heavy (non-hydrogen) atoms. The summed E-state index contributed by atoms with van der Waals surface area (Å²) in [6.45, 7) is 9.73. The van der Waals surface area contributed by atoms with E-state index in [4.69, 9.17) is 15.2 Å². The average Bonchev–Trinajstić information content (AvgIpc) is 3.37. The molecule has 0 radical (unpaired) electrons. The Kier molecular flexibility index (Phi) is 19.1. The van der Waals surface area contributed by atoms with E-state index in [0.29, 0.717) is 74.5 Å². The molecule has 21 heteroatoms. The Labute approximate surface area is 432 Å². The molecule has 4 aromatic rings. The van der Waals surface area contributed by atoms with Gasteiger partial charge in [-0.25, -0.2) is 19.2 Å². The average molecular weight is 1050 g/mol. The summed E-state index contributed by atoms with van der Waals surface area (Å²) in [7, 11) is 1.93. The molecule has 2 aliphatic rings. The maximum atomic E-state index is 14.5. The molecular formula is C54H61F6N9O6. The number of likely N-dealkylation sites (N-methyl/N-ethyl adjacent to an activating group) is 1. The van der Waals surface area contributed by atoms with Crippen molar-refractivity contribution in [3.05, 3.63) is 147 Å². The number of carbonyl (C=O) groups excluding carboxylic acids is 4. The molecule has 2 aliphatic heterocycles. The molecule has 2 heterocycles. The fourth-order valence-corrected chi connectivity index (χ4v) is 9.11. The van der Waals surface area contributed by atoms with Gasteiger partial charge in [-0.05, 0) is 132 Å². The number of hydrogen-bond donors (Lipinski definition) is 3. The number of nitrogens with one attached hydrogen (secondary N) is 2. The number of urea groups is 2. The highest BCUT2D eigenvalue weighted by atomic mass is 19.4. The smallest absolute Gasteiger partial charge is 0.416 e. The SMILES string of the molecule is CCOC(=O)C1=C(C)N(c2cccc(C(F)(F)F)c2)C(=O)N(CCCNCCN(C)CCNCCCN2C(=O)N(c3cccc(C(F)(F)F)c3)C(C)=C(C(=O)OCC)C2c2ccc(C#N)cc2)C1c1ccc(N)cc1. The normalized spacial score (nSPS) is 16.5. The number of carbonyl (C=O) groups is 4. The zero-order valence-electron chi connectivity index (χ0n) is 42.4. The van der Waals surface area contributed by atoms with Crippen molar-refractivity contribution >= 4 is 41.1 Å². The van der Waals surface area contributed by atoms with Crippen molar-refractivity contribution < 1.29 is 55.0 Å². The molecule has 0 saturated carbocycles. The third kappa shape index (κ3) is 13.7. The van der Waals surface area contributed by atoms with Gasteiger partial charge in [-0.1, -0.05) is 36.4 Å². The Bertz CT molecular complexity index is 2780. The molecule has 2 unspecified atom stereocenters. The highest BCUT2D eigenvalue weighted by Gasteiger charge is 2.45. The van der Waals surface area contributed by atoms with E-state index in [1.54, 1.807) is 62.4 Å². The minimum absolute atomic E-state index is 0.00365. The molecule has 0 fully saturated rings. The van der Waals surface area contributed by atoms with Crippen LogP contribution in [0.1, 0.15) is 80.4 Å². The molecule has 4 amide bonds. The summed E-state index contributed by atoms with van der Waals surface area (Å²) in [5.74, 6) is -1.45. The van der Waals surface area contributed by atoms with Gasteiger partial charge in [0.1, 0.15) is 0 Å². The van der Waals surface area contributed by atoms with Gasteiger partial charge in [0.05, 0.1) is 70.6 Å². The fraction of sp³-hybridized carbons (Fsp3) is 0.389. The number of rotatable bonds is 22. The van der Waals surface area contributed by atoms with Gasteiger partial charge in [0.25, 0.3) is 0 Å². The summed E-state index contributed by atoms with van der Waals surface area (Å²) in [4.78, 5) is 63.5. The quantitative estimate of drug-likeness (QED) is 0.0296. The van der Waals surface area contributed by atoms with Crippen molar-refractivity contribution in [2.75, 3.05) is 88.2 Å². The van der Waals surface area contributed by atoms with E-state index in [-0.39, 0.29) is 60.2 Å². The number of nitrogens with two attached hydrogens (primary N) is 1. The third-order valence-electron chi connectivity index (χ3n) is 12.8. The van der Waals surface area contributed by atoms with E-state index < -0.39 is 59.6 Å². The van der Waals surface area contributed by atoms with E-state index in [0.717, 1.165) is 34.1 Å². The number of amides is 4. The molecule has 4 N–H and O–H groups in total. The zero-order valence-corrected chi connectivity index (χ0v) is 42.4. The fourth-order valence-electron chi connectivity index (χ4n) is 9.11. The predicted octanol–water partition coefficient (Wildman–Crippen LogP) is 9.41. The maximum absolute atomic E-state index is 14.5. The number of nitriles is 1. The first-order valence-corrected chi connectivity index (χ1v) is 24.5. The number of benzene rings is 4. The van der Waals surface area contributed by atoms with Gasteiger partial charge in [-0.15, -0.1) is 0 Å². The van der Waals surface area contributed by atoms with Crippen LogP contribution in [0.4, 0.5) is 53.0 Å². The molecule has 0 aliphatic carbocycles. The summed E-state index contributed by atoms with van der Waals surface area (Å²) in [6, 6.07) is 20.6. The summed E-state index contributed by atoms with van der Waals surface area (Å²) in [6.07, 6.45) is -8.57. The number of nitrogen functional groups attached to an aromatic ring is 1. The van der Waals surface area contributed by atoms with Crippen LogP contribution >= 0.6 is 0 Å². The van der Waals surface area contributed by atoms with E-state index >= 15 is 0 Å². The van der Waals surface area contributed by atoms with E-state index in [1.165, 1.54) is 47.9 Å². The second-order valence-corrected chi connectivity index (χ2v) is 17.9. The van der Waals surface area contributed by atoms with Crippen LogP contribution in [0.15, 0.2) is 120 Å². The lowest BCUT2D eigenvalue weighted by molar-refractivity contribution is -0.140. The highest BCUT2D eigenvalue weighted by Crippen LogP contribution is 2.43. The van der Waals surface area contributed by atoms with Crippen LogP contribution in [0.2, 0.25) is 0 Å². The van der Waals surface area contributed by atoms with Crippen molar-refractivity contribution in [1.29, 1.82) is 5.26 Å². The predicted molar refractivity (Wildman–Crippen MR) is 271 cm³/mol. The van der Waals surface area contributed by atoms with Crippen molar-refractivity contribution in [3.63, 3.8) is 0 Å². The van der Waals surface area contributed by atoms with Gasteiger partial charge in [0.15, 0.2) is 0 Å². The topological polar surface area (TPSA) is 177 Å². The Morgan fingerprint density at radius 1 is 0.653 bits per heavy atom. The summed E-state index contributed by atoms with van der Waals surface area (Å²) < 4.78 is 94.1. The van der Waals surface area contributed by atoms with Gasteiger partial charge >= 0.3 is 36.4 Å². The maximum Gasteiger partial charge on any atom is 0.416 e. The van der Waals surface area contributed by atoms with E-state index in [1.807, 2.05) is 7.05 Å². The van der Waals surface area contributed by atoms with Gasteiger partial charge in [0.2, 0.25) is 0 Å². The standard InChI is InChI=1S/C54H61F6N9O6/c1-6-74-49(70)45-35(3)68(43-14-8-12-40(32-43)53(55,56)57)51(72)66(47(45)38-18-16-37(34-61)17-19-38)28-10-24-63-26-30-65(5)31-27-64-25-11-29-67-48(39-20-22-42(62)23-21-39)46(50(71)75-7-2)36(4)69(52(67)73)44-15-9-13-41(33-44)54(58,59)60/h8-9,12-23,32-33,47-48,63-64H,6-7,10-11,24-31,62H2,1-5H3. The number of esters is 2. The van der Waals surface area contributed by atoms with Crippen molar-refractivity contribution in [2.45, 2.75) is 65.0 Å².